The minimum atomic E-state index is -0.678. The zero-order valence-corrected chi connectivity index (χ0v) is 16.0. The predicted molar refractivity (Wildman–Crippen MR) is 101 cm³/mol. The van der Waals surface area contributed by atoms with Gasteiger partial charge in [0.2, 0.25) is 0 Å². The fourth-order valence-corrected chi connectivity index (χ4v) is 5.18. The molecular weight excluding hydrogens is 314 g/mol. The number of nitrogens with zero attached hydrogens (tertiary/aromatic N) is 2. The Labute approximate surface area is 153 Å². The fourth-order valence-electron chi connectivity index (χ4n) is 5.18. The number of carbonyl (C=O) groups is 1. The molecule has 2 heterocycles. The number of nitrogens with one attached hydrogen (secondary N) is 1. The zero-order valence-electron chi connectivity index (χ0n) is 16.0. The Morgan fingerprint density at radius 1 is 1.08 bits per heavy atom. The first kappa shape index (κ1) is 19.1. The second kappa shape index (κ2) is 8.83. The summed E-state index contributed by atoms with van der Waals surface area (Å²) >= 11 is 0. The Bertz CT molecular complexity index is 427. The Morgan fingerprint density at radius 2 is 1.72 bits per heavy atom. The smallest absolute Gasteiger partial charge is 0.307 e. The van der Waals surface area contributed by atoms with Crippen molar-refractivity contribution in [1.82, 2.24) is 15.1 Å². The maximum absolute atomic E-state index is 11.1. The number of hydrogen-bond donors (Lipinski definition) is 2. The second-order valence-corrected chi connectivity index (χ2v) is 8.77. The van der Waals surface area contributed by atoms with Gasteiger partial charge in [-0.25, -0.2) is 0 Å². The van der Waals surface area contributed by atoms with Crippen molar-refractivity contribution >= 4 is 5.97 Å². The molecule has 1 spiro atoms. The minimum absolute atomic E-state index is 0.266. The third-order valence-corrected chi connectivity index (χ3v) is 6.88. The molecule has 1 saturated carbocycles. The first-order chi connectivity index (χ1) is 12.1. The molecule has 25 heavy (non-hydrogen) atoms. The molecule has 0 aromatic heterocycles. The molecule has 1 unspecified atom stereocenters. The van der Waals surface area contributed by atoms with Gasteiger partial charge in [0, 0.05) is 32.7 Å². The van der Waals surface area contributed by atoms with Crippen molar-refractivity contribution < 1.29 is 9.90 Å². The standard InChI is InChI=1S/C20H37N3O2/c1-17(19(24)25)16-22-11-13-23(14-12-22)18-15-20(9-10-21-18)7-5-3-2-4-6-8-20/h17-18,21H,2-16H2,1H3,(H,24,25)/t17-,18?/m1/s1. The summed E-state index contributed by atoms with van der Waals surface area (Å²) in [6.07, 6.45) is 13.2. The summed E-state index contributed by atoms with van der Waals surface area (Å²) < 4.78 is 0. The molecule has 0 aromatic carbocycles. The quantitative estimate of drug-likeness (QED) is 0.816. The van der Waals surface area contributed by atoms with Crippen molar-refractivity contribution in [3.63, 3.8) is 0 Å². The molecule has 0 aromatic rings. The van der Waals surface area contributed by atoms with Crippen LogP contribution in [0.4, 0.5) is 0 Å². The van der Waals surface area contributed by atoms with E-state index in [0.717, 1.165) is 26.2 Å². The zero-order chi connectivity index (χ0) is 17.7. The molecular formula is C20H37N3O2. The molecule has 3 fully saturated rings. The Kier molecular flexibility index (Phi) is 6.75. The van der Waals surface area contributed by atoms with Gasteiger partial charge in [-0.15, -0.1) is 0 Å². The van der Waals surface area contributed by atoms with Crippen LogP contribution >= 0.6 is 0 Å². The average molecular weight is 352 g/mol. The third kappa shape index (κ3) is 5.18. The maximum Gasteiger partial charge on any atom is 0.307 e. The molecule has 1 aliphatic carbocycles. The SMILES string of the molecule is C[C@H](CN1CCN(C2CC3(CCCCCCC3)CCN2)CC1)C(=O)O. The van der Waals surface area contributed by atoms with E-state index in [4.69, 9.17) is 5.11 Å². The first-order valence-corrected chi connectivity index (χ1v) is 10.5. The van der Waals surface area contributed by atoms with E-state index in [1.165, 1.54) is 64.3 Å². The van der Waals surface area contributed by atoms with E-state index in [-0.39, 0.29) is 5.92 Å². The fraction of sp³-hybridized carbons (Fsp3) is 0.950. The van der Waals surface area contributed by atoms with E-state index in [9.17, 15) is 4.79 Å². The van der Waals surface area contributed by atoms with Gasteiger partial charge in [-0.2, -0.15) is 0 Å². The summed E-state index contributed by atoms with van der Waals surface area (Å²) in [6.45, 7) is 7.81. The lowest BCUT2D eigenvalue weighted by Crippen LogP contribution is -2.59. The lowest BCUT2D eigenvalue weighted by atomic mass is 9.69. The van der Waals surface area contributed by atoms with Gasteiger partial charge in [0.1, 0.15) is 0 Å². The van der Waals surface area contributed by atoms with Crippen molar-refractivity contribution in [2.24, 2.45) is 11.3 Å². The Balaban J connectivity index is 1.50. The number of piperazine rings is 1. The summed E-state index contributed by atoms with van der Waals surface area (Å²) in [4.78, 5) is 16.0. The number of carboxylic acids is 1. The summed E-state index contributed by atoms with van der Waals surface area (Å²) in [5.74, 6) is -0.944. The molecule has 2 atom stereocenters. The largest absolute Gasteiger partial charge is 0.481 e. The van der Waals surface area contributed by atoms with E-state index in [1.807, 2.05) is 6.92 Å². The van der Waals surface area contributed by atoms with Crippen LogP contribution in [0.5, 0.6) is 0 Å². The van der Waals surface area contributed by atoms with Crippen molar-refractivity contribution in [3.8, 4) is 0 Å². The molecule has 144 valence electrons. The van der Waals surface area contributed by atoms with Crippen molar-refractivity contribution in [1.29, 1.82) is 0 Å². The molecule has 2 aliphatic heterocycles. The van der Waals surface area contributed by atoms with Crippen LogP contribution < -0.4 is 5.32 Å². The van der Waals surface area contributed by atoms with E-state index in [1.54, 1.807) is 0 Å². The van der Waals surface area contributed by atoms with Crippen LogP contribution in [0.25, 0.3) is 0 Å². The van der Waals surface area contributed by atoms with Crippen LogP contribution in [0, 0.1) is 11.3 Å². The lowest BCUT2D eigenvalue weighted by Gasteiger charge is -2.48. The summed E-state index contributed by atoms with van der Waals surface area (Å²) in [5.41, 5.74) is 0.589. The van der Waals surface area contributed by atoms with Gasteiger partial charge in [-0.3, -0.25) is 14.6 Å². The molecule has 3 rings (SSSR count). The molecule has 0 amide bonds. The molecule has 2 N–H and O–H groups in total. The number of hydrogen-bond acceptors (Lipinski definition) is 4. The second-order valence-electron chi connectivity index (χ2n) is 8.77. The van der Waals surface area contributed by atoms with Gasteiger partial charge in [0.05, 0.1) is 12.1 Å². The molecule has 0 radical (unpaired) electrons. The highest BCUT2D eigenvalue weighted by molar-refractivity contribution is 5.69. The molecule has 3 aliphatic rings. The lowest BCUT2D eigenvalue weighted by molar-refractivity contribution is -0.142. The number of piperidine rings is 1. The molecule has 2 saturated heterocycles. The van der Waals surface area contributed by atoms with E-state index in [0.29, 0.717) is 18.1 Å². The third-order valence-electron chi connectivity index (χ3n) is 6.88. The molecule has 0 bridgehead atoms. The summed E-state index contributed by atoms with van der Waals surface area (Å²) in [6, 6.07) is 0. The van der Waals surface area contributed by atoms with Gasteiger partial charge < -0.3 is 10.4 Å². The van der Waals surface area contributed by atoms with Crippen LogP contribution in [0.2, 0.25) is 0 Å². The van der Waals surface area contributed by atoms with Gasteiger partial charge in [-0.1, -0.05) is 39.0 Å². The number of rotatable bonds is 4. The van der Waals surface area contributed by atoms with Crippen LogP contribution in [-0.4, -0.2) is 66.3 Å². The van der Waals surface area contributed by atoms with Crippen molar-refractivity contribution in [2.45, 2.75) is 70.9 Å². The molecule has 5 nitrogen and oxygen atoms in total. The van der Waals surface area contributed by atoms with E-state index < -0.39 is 5.97 Å². The highest BCUT2D eigenvalue weighted by Gasteiger charge is 2.38. The predicted octanol–water partition coefficient (Wildman–Crippen LogP) is 2.76. The van der Waals surface area contributed by atoms with Crippen LogP contribution in [-0.2, 0) is 4.79 Å². The average Bonchev–Trinajstić information content (AvgIpc) is 2.59. The van der Waals surface area contributed by atoms with E-state index in [2.05, 4.69) is 15.1 Å². The summed E-state index contributed by atoms with van der Waals surface area (Å²) in [7, 11) is 0. The van der Waals surface area contributed by atoms with Gasteiger partial charge in [0.25, 0.3) is 0 Å². The Morgan fingerprint density at radius 3 is 2.36 bits per heavy atom. The van der Waals surface area contributed by atoms with Crippen molar-refractivity contribution in [2.75, 3.05) is 39.3 Å². The number of carboxylic acid groups (broad SMARTS) is 1. The van der Waals surface area contributed by atoms with Gasteiger partial charge >= 0.3 is 5.97 Å². The highest BCUT2D eigenvalue weighted by atomic mass is 16.4. The van der Waals surface area contributed by atoms with Crippen molar-refractivity contribution in [3.05, 3.63) is 0 Å². The monoisotopic (exact) mass is 351 g/mol. The van der Waals surface area contributed by atoms with E-state index >= 15 is 0 Å². The van der Waals surface area contributed by atoms with Gasteiger partial charge in [-0.05, 0) is 37.6 Å². The topological polar surface area (TPSA) is 55.8 Å². The maximum atomic E-state index is 11.1. The normalized spacial score (nSPS) is 30.5. The summed E-state index contributed by atoms with van der Waals surface area (Å²) in [5, 5.41) is 12.9. The Hall–Kier alpha value is -0.650. The minimum Gasteiger partial charge on any atom is -0.481 e. The van der Waals surface area contributed by atoms with Crippen LogP contribution in [0.15, 0.2) is 0 Å². The van der Waals surface area contributed by atoms with Crippen LogP contribution in [0.3, 0.4) is 0 Å². The number of aliphatic carboxylic acids is 1. The first-order valence-electron chi connectivity index (χ1n) is 10.5. The van der Waals surface area contributed by atoms with Gasteiger partial charge in [0.15, 0.2) is 0 Å². The van der Waals surface area contributed by atoms with Crippen LogP contribution in [0.1, 0.15) is 64.7 Å². The molecule has 5 heteroatoms. The highest BCUT2D eigenvalue weighted by Crippen LogP contribution is 2.43.